The second kappa shape index (κ2) is 5.18. The number of anilines is 4. The van der Waals surface area contributed by atoms with Gasteiger partial charge in [-0.05, 0) is 36.8 Å². The van der Waals surface area contributed by atoms with Crippen molar-refractivity contribution in [3.05, 3.63) is 47.8 Å². The van der Waals surface area contributed by atoms with Crippen LogP contribution in [-0.4, -0.2) is 14.1 Å². The first-order valence-electron chi connectivity index (χ1n) is 6.08. The molecule has 0 fully saturated rings. The lowest BCUT2D eigenvalue weighted by molar-refractivity contribution is 0.633. The van der Waals surface area contributed by atoms with Crippen molar-refractivity contribution in [3.63, 3.8) is 0 Å². The summed E-state index contributed by atoms with van der Waals surface area (Å²) < 4.78 is 13.4. The number of aryl methyl sites for hydroxylation is 1. The van der Waals surface area contributed by atoms with E-state index in [2.05, 4.69) is 12.2 Å². The monoisotopic (exact) mass is 259 g/mol. The molecule has 2 aromatic rings. The lowest BCUT2D eigenvalue weighted by Gasteiger charge is -2.18. The fourth-order valence-corrected chi connectivity index (χ4v) is 1.97. The van der Waals surface area contributed by atoms with Gasteiger partial charge in [-0.2, -0.15) is 0 Å². The van der Waals surface area contributed by atoms with E-state index in [-0.39, 0.29) is 5.69 Å². The van der Waals surface area contributed by atoms with Gasteiger partial charge < -0.3 is 16.0 Å². The predicted octanol–water partition coefficient (Wildman–Crippen LogP) is 3.53. The zero-order valence-corrected chi connectivity index (χ0v) is 11.4. The van der Waals surface area contributed by atoms with Crippen LogP contribution >= 0.6 is 0 Å². The molecule has 0 spiro atoms. The number of rotatable bonds is 3. The molecule has 0 aliphatic rings. The maximum absolute atomic E-state index is 13.4. The van der Waals surface area contributed by atoms with Crippen molar-refractivity contribution >= 4 is 22.7 Å². The molecule has 4 heteroatoms. The molecule has 0 heterocycles. The molecular formula is C15H18FN3. The average molecular weight is 259 g/mol. The van der Waals surface area contributed by atoms with Gasteiger partial charge in [0.25, 0.3) is 0 Å². The molecule has 0 amide bonds. The molecule has 2 aromatic carbocycles. The third-order valence-corrected chi connectivity index (χ3v) is 3.02. The zero-order valence-electron chi connectivity index (χ0n) is 11.4. The maximum Gasteiger partial charge on any atom is 0.148 e. The van der Waals surface area contributed by atoms with Crippen LogP contribution in [0.1, 0.15) is 5.56 Å². The van der Waals surface area contributed by atoms with E-state index < -0.39 is 5.82 Å². The van der Waals surface area contributed by atoms with E-state index in [1.165, 1.54) is 11.6 Å². The Balaban J connectivity index is 2.34. The summed E-state index contributed by atoms with van der Waals surface area (Å²) >= 11 is 0. The van der Waals surface area contributed by atoms with Crippen LogP contribution in [-0.2, 0) is 0 Å². The van der Waals surface area contributed by atoms with E-state index in [9.17, 15) is 4.39 Å². The van der Waals surface area contributed by atoms with E-state index in [1.54, 1.807) is 12.1 Å². The van der Waals surface area contributed by atoms with E-state index in [1.807, 2.05) is 37.2 Å². The lowest BCUT2D eigenvalue weighted by Crippen LogP contribution is -2.10. The van der Waals surface area contributed by atoms with Gasteiger partial charge in [0.05, 0.1) is 11.4 Å². The third-order valence-electron chi connectivity index (χ3n) is 3.02. The highest BCUT2D eigenvalue weighted by molar-refractivity contribution is 5.75. The Morgan fingerprint density at radius 3 is 2.58 bits per heavy atom. The Labute approximate surface area is 112 Å². The smallest absolute Gasteiger partial charge is 0.148 e. The third kappa shape index (κ3) is 2.78. The molecule has 0 bridgehead atoms. The summed E-state index contributed by atoms with van der Waals surface area (Å²) in [6.45, 7) is 2.05. The SMILES string of the molecule is Cc1ccc(Nc2cccc(F)c2N)cc1N(C)C. The zero-order chi connectivity index (χ0) is 14.0. The Hall–Kier alpha value is -2.23. The highest BCUT2D eigenvalue weighted by Gasteiger charge is 2.06. The van der Waals surface area contributed by atoms with Crippen molar-refractivity contribution < 1.29 is 4.39 Å². The highest BCUT2D eigenvalue weighted by Crippen LogP contribution is 2.28. The summed E-state index contributed by atoms with van der Waals surface area (Å²) in [5, 5.41) is 3.14. The van der Waals surface area contributed by atoms with Gasteiger partial charge in [-0.3, -0.25) is 0 Å². The normalized spacial score (nSPS) is 10.3. The predicted molar refractivity (Wildman–Crippen MR) is 79.6 cm³/mol. The largest absolute Gasteiger partial charge is 0.395 e. The minimum absolute atomic E-state index is 0.134. The minimum Gasteiger partial charge on any atom is -0.395 e. The summed E-state index contributed by atoms with van der Waals surface area (Å²) in [7, 11) is 3.98. The van der Waals surface area contributed by atoms with Gasteiger partial charge in [-0.15, -0.1) is 0 Å². The van der Waals surface area contributed by atoms with Crippen LogP contribution < -0.4 is 16.0 Å². The second-order valence-electron chi connectivity index (χ2n) is 4.72. The molecule has 0 saturated carbocycles. The van der Waals surface area contributed by atoms with Crippen molar-refractivity contribution in [2.75, 3.05) is 30.0 Å². The van der Waals surface area contributed by atoms with Crippen LogP contribution in [0.15, 0.2) is 36.4 Å². The Morgan fingerprint density at radius 1 is 1.16 bits per heavy atom. The van der Waals surface area contributed by atoms with Crippen LogP contribution in [0.3, 0.4) is 0 Å². The number of benzene rings is 2. The Kier molecular flexibility index (Phi) is 3.60. The number of halogens is 1. The molecule has 3 nitrogen and oxygen atoms in total. The van der Waals surface area contributed by atoms with Crippen molar-refractivity contribution in [2.24, 2.45) is 0 Å². The molecule has 19 heavy (non-hydrogen) atoms. The molecule has 100 valence electrons. The standard InChI is InChI=1S/C15H18FN3/c1-10-7-8-11(9-14(10)19(2)3)18-13-6-4-5-12(16)15(13)17/h4-9,18H,17H2,1-3H3. The van der Waals surface area contributed by atoms with Crippen molar-refractivity contribution in [1.82, 2.24) is 0 Å². The van der Waals surface area contributed by atoms with Crippen LogP contribution in [0.25, 0.3) is 0 Å². The van der Waals surface area contributed by atoms with E-state index in [4.69, 9.17) is 5.73 Å². The second-order valence-corrected chi connectivity index (χ2v) is 4.72. The summed E-state index contributed by atoms with van der Waals surface area (Å²) in [4.78, 5) is 2.04. The fraction of sp³-hybridized carbons (Fsp3) is 0.200. The average Bonchev–Trinajstić information content (AvgIpc) is 2.37. The number of hydrogen-bond donors (Lipinski definition) is 2. The van der Waals surface area contributed by atoms with Gasteiger partial charge in [0.1, 0.15) is 5.82 Å². The van der Waals surface area contributed by atoms with Gasteiger partial charge in [-0.1, -0.05) is 12.1 Å². The Morgan fingerprint density at radius 2 is 1.89 bits per heavy atom. The molecule has 2 rings (SSSR count). The van der Waals surface area contributed by atoms with Gasteiger partial charge in [0, 0.05) is 25.5 Å². The number of nitrogens with zero attached hydrogens (tertiary/aromatic N) is 1. The number of para-hydroxylation sites is 1. The first kappa shape index (κ1) is 13.2. The summed E-state index contributed by atoms with van der Waals surface area (Å²) in [6, 6.07) is 10.7. The topological polar surface area (TPSA) is 41.3 Å². The van der Waals surface area contributed by atoms with Gasteiger partial charge in [-0.25, -0.2) is 4.39 Å². The summed E-state index contributed by atoms with van der Waals surface area (Å²) in [6.07, 6.45) is 0. The van der Waals surface area contributed by atoms with Crippen LogP contribution in [0.5, 0.6) is 0 Å². The first-order valence-corrected chi connectivity index (χ1v) is 6.08. The molecule has 3 N–H and O–H groups in total. The summed E-state index contributed by atoms with van der Waals surface area (Å²) in [5.41, 5.74) is 9.60. The molecule has 0 radical (unpaired) electrons. The highest BCUT2D eigenvalue weighted by atomic mass is 19.1. The molecule has 0 aliphatic heterocycles. The van der Waals surface area contributed by atoms with Gasteiger partial charge in [0.15, 0.2) is 0 Å². The maximum atomic E-state index is 13.4. The molecule has 0 atom stereocenters. The Bertz CT molecular complexity index is 594. The molecule has 0 saturated heterocycles. The quantitative estimate of drug-likeness (QED) is 0.829. The van der Waals surface area contributed by atoms with Crippen LogP contribution in [0, 0.1) is 12.7 Å². The van der Waals surface area contributed by atoms with Crippen molar-refractivity contribution in [1.29, 1.82) is 0 Å². The number of nitrogens with one attached hydrogen (secondary N) is 1. The minimum atomic E-state index is -0.412. The summed E-state index contributed by atoms with van der Waals surface area (Å²) in [5.74, 6) is -0.412. The number of nitrogens with two attached hydrogens (primary N) is 1. The van der Waals surface area contributed by atoms with Crippen LogP contribution in [0.2, 0.25) is 0 Å². The van der Waals surface area contributed by atoms with E-state index in [0.717, 1.165) is 11.4 Å². The number of nitrogen functional groups attached to an aromatic ring is 1. The van der Waals surface area contributed by atoms with Crippen LogP contribution in [0.4, 0.5) is 27.1 Å². The van der Waals surface area contributed by atoms with Gasteiger partial charge in [0.2, 0.25) is 0 Å². The number of hydrogen-bond acceptors (Lipinski definition) is 3. The fourth-order valence-electron chi connectivity index (χ4n) is 1.97. The van der Waals surface area contributed by atoms with E-state index >= 15 is 0 Å². The van der Waals surface area contributed by atoms with Crippen molar-refractivity contribution in [2.45, 2.75) is 6.92 Å². The van der Waals surface area contributed by atoms with Crippen molar-refractivity contribution in [3.8, 4) is 0 Å². The van der Waals surface area contributed by atoms with E-state index in [0.29, 0.717) is 5.69 Å². The molecule has 0 unspecified atom stereocenters. The first-order chi connectivity index (χ1) is 8.99. The van der Waals surface area contributed by atoms with Gasteiger partial charge >= 0.3 is 0 Å². The molecular weight excluding hydrogens is 241 g/mol. The molecule has 0 aromatic heterocycles. The molecule has 0 aliphatic carbocycles. The lowest BCUT2D eigenvalue weighted by atomic mass is 10.1.